The van der Waals surface area contributed by atoms with Gasteiger partial charge in [-0.1, -0.05) is 12.1 Å². The van der Waals surface area contributed by atoms with Crippen molar-refractivity contribution in [2.45, 2.75) is 0 Å². The molecule has 2 N–H and O–H groups in total. The number of halogens is 1. The van der Waals surface area contributed by atoms with Crippen molar-refractivity contribution in [3.63, 3.8) is 0 Å². The average molecular weight is 256 g/mol. The summed E-state index contributed by atoms with van der Waals surface area (Å²) in [5.41, 5.74) is 6.52. The van der Waals surface area contributed by atoms with Crippen LogP contribution in [0.15, 0.2) is 42.7 Å². The lowest BCUT2D eigenvalue weighted by Crippen LogP contribution is -2.13. The van der Waals surface area contributed by atoms with Crippen LogP contribution in [0, 0.1) is 5.82 Å². The first-order valence-electron chi connectivity index (χ1n) is 5.55. The topological polar surface area (TPSA) is 73.3 Å². The van der Waals surface area contributed by atoms with Crippen LogP contribution in [0.4, 0.5) is 4.39 Å². The number of primary amides is 1. The number of carbonyl (C=O) groups excluding carboxylic acids is 1. The van der Waals surface area contributed by atoms with E-state index in [2.05, 4.69) is 9.97 Å². The Morgan fingerprint density at radius 2 is 2.11 bits per heavy atom. The number of nitrogens with two attached hydrogens (primary N) is 1. The lowest BCUT2D eigenvalue weighted by Gasteiger charge is -1.94. The van der Waals surface area contributed by atoms with E-state index in [1.165, 1.54) is 18.2 Å². The van der Waals surface area contributed by atoms with E-state index in [1.807, 2.05) is 0 Å². The molecule has 1 aromatic carbocycles. The van der Waals surface area contributed by atoms with Crippen molar-refractivity contribution >= 4 is 11.7 Å². The van der Waals surface area contributed by atoms with E-state index < -0.39 is 5.91 Å². The summed E-state index contributed by atoms with van der Waals surface area (Å²) in [5, 5.41) is 0. The molecule has 0 atom stereocenters. The minimum atomic E-state index is -0.613. The molecule has 0 aliphatic heterocycles. The fraction of sp³-hybridized carbons (Fsp3) is 0. The Hall–Kier alpha value is -2.76. The second-order valence-electron chi connectivity index (χ2n) is 4.02. The molecular formula is C13H9FN4O. The van der Waals surface area contributed by atoms with Crippen LogP contribution in [0.1, 0.15) is 10.5 Å². The maximum absolute atomic E-state index is 13.2. The molecule has 0 saturated heterocycles. The summed E-state index contributed by atoms with van der Waals surface area (Å²) in [6, 6.07) is 7.61. The molecule has 5 nitrogen and oxygen atoms in total. The quantitative estimate of drug-likeness (QED) is 0.757. The number of rotatable bonds is 2. The van der Waals surface area contributed by atoms with E-state index in [0.29, 0.717) is 17.0 Å². The van der Waals surface area contributed by atoms with Gasteiger partial charge in [0.05, 0.1) is 5.69 Å². The summed E-state index contributed by atoms with van der Waals surface area (Å²) in [7, 11) is 0. The Labute approximate surface area is 107 Å². The van der Waals surface area contributed by atoms with Crippen LogP contribution >= 0.6 is 0 Å². The Kier molecular flexibility index (Phi) is 2.49. The maximum Gasteiger partial charge on any atom is 0.267 e. The van der Waals surface area contributed by atoms with Crippen molar-refractivity contribution in [1.82, 2.24) is 14.4 Å². The van der Waals surface area contributed by atoms with E-state index in [-0.39, 0.29) is 11.5 Å². The molecule has 1 amide bonds. The monoisotopic (exact) mass is 256 g/mol. The number of hydrogen-bond acceptors (Lipinski definition) is 3. The molecule has 0 bridgehead atoms. The number of imidazole rings is 1. The summed E-state index contributed by atoms with van der Waals surface area (Å²) in [6.45, 7) is 0. The van der Waals surface area contributed by atoms with Gasteiger partial charge in [0.15, 0.2) is 0 Å². The minimum Gasteiger partial charge on any atom is -0.364 e. The van der Waals surface area contributed by atoms with E-state index in [9.17, 15) is 9.18 Å². The van der Waals surface area contributed by atoms with Crippen LogP contribution in [0.25, 0.3) is 17.0 Å². The number of carbonyl (C=O) groups is 1. The van der Waals surface area contributed by atoms with Crippen LogP contribution in [0.3, 0.4) is 0 Å². The number of fused-ring (bicyclic) bond motifs is 1. The third-order valence-corrected chi connectivity index (χ3v) is 2.70. The van der Waals surface area contributed by atoms with Crippen molar-refractivity contribution in [2.24, 2.45) is 5.73 Å². The van der Waals surface area contributed by atoms with Crippen LogP contribution in [-0.4, -0.2) is 20.3 Å². The number of benzene rings is 1. The molecule has 0 radical (unpaired) electrons. The van der Waals surface area contributed by atoms with E-state index in [1.54, 1.807) is 28.9 Å². The van der Waals surface area contributed by atoms with Gasteiger partial charge >= 0.3 is 0 Å². The van der Waals surface area contributed by atoms with Gasteiger partial charge in [-0.2, -0.15) is 0 Å². The average Bonchev–Trinajstić information content (AvgIpc) is 2.81. The van der Waals surface area contributed by atoms with Gasteiger partial charge in [0.2, 0.25) is 5.78 Å². The Bertz CT molecular complexity index is 781. The van der Waals surface area contributed by atoms with Crippen molar-refractivity contribution in [1.29, 1.82) is 0 Å². The minimum absolute atomic E-state index is 0.142. The highest BCUT2D eigenvalue weighted by molar-refractivity contribution is 5.91. The smallest absolute Gasteiger partial charge is 0.267 e. The Morgan fingerprint density at radius 1 is 1.26 bits per heavy atom. The number of aromatic nitrogens is 3. The van der Waals surface area contributed by atoms with Gasteiger partial charge in [0.25, 0.3) is 5.91 Å². The van der Waals surface area contributed by atoms with Crippen molar-refractivity contribution in [3.8, 4) is 11.3 Å². The molecular weight excluding hydrogens is 247 g/mol. The first-order valence-corrected chi connectivity index (χ1v) is 5.55. The van der Waals surface area contributed by atoms with Gasteiger partial charge < -0.3 is 5.73 Å². The summed E-state index contributed by atoms with van der Waals surface area (Å²) >= 11 is 0. The third-order valence-electron chi connectivity index (χ3n) is 2.70. The fourth-order valence-electron chi connectivity index (χ4n) is 1.80. The summed E-state index contributed by atoms with van der Waals surface area (Å²) in [4.78, 5) is 19.3. The zero-order valence-electron chi connectivity index (χ0n) is 9.75. The van der Waals surface area contributed by atoms with Gasteiger partial charge in [-0.3, -0.25) is 9.20 Å². The van der Waals surface area contributed by atoms with Crippen LogP contribution in [0.5, 0.6) is 0 Å². The highest BCUT2D eigenvalue weighted by Crippen LogP contribution is 2.19. The second kappa shape index (κ2) is 4.16. The zero-order valence-corrected chi connectivity index (χ0v) is 9.75. The molecule has 2 aromatic heterocycles. The van der Waals surface area contributed by atoms with Crippen LogP contribution < -0.4 is 5.73 Å². The Morgan fingerprint density at radius 3 is 2.84 bits per heavy atom. The molecule has 0 aliphatic carbocycles. The molecule has 2 heterocycles. The molecule has 0 aliphatic rings. The van der Waals surface area contributed by atoms with Crippen molar-refractivity contribution in [2.75, 3.05) is 0 Å². The van der Waals surface area contributed by atoms with Gasteiger partial charge in [-0.15, -0.1) is 0 Å². The Balaban J connectivity index is 2.14. The van der Waals surface area contributed by atoms with E-state index >= 15 is 0 Å². The van der Waals surface area contributed by atoms with Crippen molar-refractivity contribution in [3.05, 3.63) is 54.2 Å². The lowest BCUT2D eigenvalue weighted by atomic mass is 10.2. The van der Waals surface area contributed by atoms with Gasteiger partial charge in [0, 0.05) is 18.0 Å². The summed E-state index contributed by atoms with van der Waals surface area (Å²) in [6.07, 6.45) is 3.35. The molecule has 0 saturated carbocycles. The first-order chi connectivity index (χ1) is 9.13. The standard InChI is InChI=1S/C13H9FN4O/c14-9-3-1-2-8(6-9)11-7-18-5-4-10(12(15)19)16-13(18)17-11/h1-7H,(H2,15,19). The lowest BCUT2D eigenvalue weighted by molar-refractivity contribution is 0.0995. The van der Waals surface area contributed by atoms with Crippen LogP contribution in [0.2, 0.25) is 0 Å². The highest BCUT2D eigenvalue weighted by Gasteiger charge is 2.08. The summed E-state index contributed by atoms with van der Waals surface area (Å²) in [5.74, 6) is -0.603. The zero-order chi connectivity index (χ0) is 13.4. The van der Waals surface area contributed by atoms with E-state index in [4.69, 9.17) is 5.73 Å². The van der Waals surface area contributed by atoms with Crippen molar-refractivity contribution < 1.29 is 9.18 Å². The van der Waals surface area contributed by atoms with Gasteiger partial charge in [-0.25, -0.2) is 14.4 Å². The number of nitrogens with zero attached hydrogens (tertiary/aromatic N) is 3. The SMILES string of the molecule is NC(=O)c1ccn2cc(-c3cccc(F)c3)nc2n1. The normalized spacial score (nSPS) is 10.8. The molecule has 94 valence electrons. The molecule has 0 fully saturated rings. The predicted octanol–water partition coefficient (Wildman–Crippen LogP) is 1.63. The van der Waals surface area contributed by atoms with Gasteiger partial charge in [0.1, 0.15) is 11.5 Å². The molecule has 3 aromatic rings. The van der Waals surface area contributed by atoms with E-state index in [0.717, 1.165) is 0 Å². The van der Waals surface area contributed by atoms with Crippen LogP contribution in [-0.2, 0) is 0 Å². The second-order valence-corrected chi connectivity index (χ2v) is 4.02. The molecule has 6 heteroatoms. The number of amides is 1. The number of hydrogen-bond donors (Lipinski definition) is 1. The highest BCUT2D eigenvalue weighted by atomic mass is 19.1. The third kappa shape index (κ3) is 2.03. The fourth-order valence-corrected chi connectivity index (χ4v) is 1.80. The molecule has 0 unspecified atom stereocenters. The first kappa shape index (κ1) is 11.3. The van der Waals surface area contributed by atoms with Gasteiger partial charge in [-0.05, 0) is 18.2 Å². The largest absolute Gasteiger partial charge is 0.364 e. The maximum atomic E-state index is 13.2. The molecule has 3 rings (SSSR count). The predicted molar refractivity (Wildman–Crippen MR) is 66.9 cm³/mol. The molecule has 0 spiro atoms. The summed E-state index contributed by atoms with van der Waals surface area (Å²) < 4.78 is 14.8. The molecule has 19 heavy (non-hydrogen) atoms.